The zero-order valence-electron chi connectivity index (χ0n) is 17.3. The summed E-state index contributed by atoms with van der Waals surface area (Å²) in [5.74, 6) is 0.779. The van der Waals surface area contributed by atoms with Crippen LogP contribution in [-0.2, 0) is 6.42 Å². The van der Waals surface area contributed by atoms with Gasteiger partial charge in [-0.1, -0.05) is 13.3 Å². The number of hydrogen-bond acceptors (Lipinski definition) is 4. The lowest BCUT2D eigenvalue weighted by molar-refractivity contribution is 0.413. The van der Waals surface area contributed by atoms with E-state index in [0.717, 1.165) is 52.7 Å². The normalized spacial score (nSPS) is 10.4. The quantitative estimate of drug-likeness (QED) is 0.390. The Balaban J connectivity index is 0.00000160. The summed E-state index contributed by atoms with van der Waals surface area (Å²) in [5, 5.41) is 3.49. The lowest BCUT2D eigenvalue weighted by Crippen LogP contribution is -1.99. The molecule has 0 spiro atoms. The number of halogens is 2. The summed E-state index contributed by atoms with van der Waals surface area (Å²) in [6.07, 6.45) is 11.2. The molecular weight excluding hydrogens is 421 g/mol. The van der Waals surface area contributed by atoms with E-state index in [1.807, 2.05) is 54.2 Å². The van der Waals surface area contributed by atoms with Crippen LogP contribution >= 0.6 is 24.8 Å². The number of pyridine rings is 1. The highest BCUT2D eigenvalue weighted by Gasteiger charge is 2.10. The molecule has 4 rings (SSSR count). The highest BCUT2D eigenvalue weighted by molar-refractivity contribution is 5.85. The number of aryl methyl sites for hydroxylation is 2. The molecule has 0 aliphatic carbocycles. The molecule has 3 aromatic heterocycles. The number of hydrogen-bond donors (Lipinski definition) is 1. The number of anilines is 2. The maximum absolute atomic E-state index is 5.61. The Morgan fingerprint density at radius 2 is 1.97 bits per heavy atom. The van der Waals surface area contributed by atoms with Gasteiger partial charge in [-0.05, 0) is 44.0 Å². The fourth-order valence-electron chi connectivity index (χ4n) is 3.32. The van der Waals surface area contributed by atoms with Crippen LogP contribution in [0.3, 0.4) is 0 Å². The highest BCUT2D eigenvalue weighted by Crippen LogP contribution is 2.29. The van der Waals surface area contributed by atoms with Crippen molar-refractivity contribution in [2.75, 3.05) is 12.4 Å². The molecule has 0 aliphatic heterocycles. The summed E-state index contributed by atoms with van der Waals surface area (Å²) in [6.45, 7) is 4.17. The second-order valence-electron chi connectivity index (χ2n) is 6.92. The number of imidazole rings is 2. The van der Waals surface area contributed by atoms with Crippen molar-refractivity contribution in [3.63, 3.8) is 0 Å². The van der Waals surface area contributed by atoms with Gasteiger partial charge in [-0.25, -0.2) is 9.97 Å². The van der Waals surface area contributed by atoms with Crippen molar-refractivity contribution in [2.24, 2.45) is 0 Å². The van der Waals surface area contributed by atoms with Gasteiger partial charge in [-0.15, -0.1) is 24.8 Å². The first-order valence-electron chi connectivity index (χ1n) is 9.60. The number of rotatable bonds is 7. The SMILES string of the molecule is CCCCc1cn2cccc(Nc3ccc(-n4cnc(C)c4)c(OC)c3)c2n1.Cl.Cl. The smallest absolute Gasteiger partial charge is 0.160 e. The number of ether oxygens (including phenoxy) is 1. The van der Waals surface area contributed by atoms with Gasteiger partial charge >= 0.3 is 0 Å². The van der Waals surface area contributed by atoms with Crippen LogP contribution in [0.4, 0.5) is 11.4 Å². The van der Waals surface area contributed by atoms with E-state index in [2.05, 4.69) is 27.8 Å². The number of nitrogens with one attached hydrogen (secondary N) is 1. The van der Waals surface area contributed by atoms with E-state index < -0.39 is 0 Å². The minimum absolute atomic E-state index is 0. The van der Waals surface area contributed by atoms with E-state index in [1.54, 1.807) is 13.4 Å². The molecular formula is C22H27Cl2N5O. The molecule has 3 heterocycles. The van der Waals surface area contributed by atoms with Gasteiger partial charge in [0.1, 0.15) is 5.75 Å². The van der Waals surface area contributed by atoms with E-state index in [9.17, 15) is 0 Å². The summed E-state index contributed by atoms with van der Waals surface area (Å²) in [5.41, 5.74) is 5.90. The standard InChI is InChI=1S/C22H25N5O.2ClH/c1-4-5-7-18-14-26-11-6-8-19(22(26)25-18)24-17-9-10-20(21(12-17)28-3)27-13-16(2)23-15-27;;/h6,8-15,24H,4-5,7H2,1-3H3;2*1H. The third-order valence-corrected chi connectivity index (χ3v) is 4.77. The fourth-order valence-corrected chi connectivity index (χ4v) is 3.32. The largest absolute Gasteiger partial charge is 0.494 e. The number of methoxy groups -OCH3 is 1. The van der Waals surface area contributed by atoms with Crippen LogP contribution in [0.15, 0.2) is 55.2 Å². The van der Waals surface area contributed by atoms with Gasteiger partial charge in [-0.2, -0.15) is 0 Å². The van der Waals surface area contributed by atoms with Crippen molar-refractivity contribution in [1.82, 2.24) is 18.9 Å². The maximum atomic E-state index is 5.61. The van der Waals surface area contributed by atoms with Crippen LogP contribution < -0.4 is 10.1 Å². The van der Waals surface area contributed by atoms with Crippen molar-refractivity contribution in [2.45, 2.75) is 33.1 Å². The van der Waals surface area contributed by atoms with Gasteiger partial charge in [0.2, 0.25) is 0 Å². The zero-order chi connectivity index (χ0) is 19.5. The van der Waals surface area contributed by atoms with E-state index in [-0.39, 0.29) is 24.8 Å². The number of benzene rings is 1. The average Bonchev–Trinajstić information content (AvgIpc) is 3.32. The molecule has 0 saturated carbocycles. The second kappa shape index (κ2) is 10.4. The molecule has 1 aromatic carbocycles. The first-order chi connectivity index (χ1) is 13.7. The molecule has 0 bridgehead atoms. The Morgan fingerprint density at radius 3 is 2.67 bits per heavy atom. The van der Waals surface area contributed by atoms with Gasteiger partial charge in [0, 0.05) is 30.3 Å². The van der Waals surface area contributed by atoms with Gasteiger partial charge in [0.15, 0.2) is 5.65 Å². The summed E-state index contributed by atoms with van der Waals surface area (Å²) in [4.78, 5) is 9.11. The van der Waals surface area contributed by atoms with Crippen LogP contribution in [0.25, 0.3) is 11.3 Å². The van der Waals surface area contributed by atoms with Gasteiger partial charge in [-0.3, -0.25) is 0 Å². The van der Waals surface area contributed by atoms with E-state index in [4.69, 9.17) is 9.72 Å². The minimum Gasteiger partial charge on any atom is -0.494 e. The Labute approximate surface area is 189 Å². The van der Waals surface area contributed by atoms with Gasteiger partial charge in [0.25, 0.3) is 0 Å². The number of aromatic nitrogens is 4. The zero-order valence-corrected chi connectivity index (χ0v) is 19.0. The minimum atomic E-state index is 0. The molecule has 30 heavy (non-hydrogen) atoms. The maximum Gasteiger partial charge on any atom is 0.160 e. The molecule has 0 fully saturated rings. The van der Waals surface area contributed by atoms with Gasteiger partial charge < -0.3 is 19.0 Å². The first kappa shape index (κ1) is 23.6. The molecule has 0 aliphatic rings. The van der Waals surface area contributed by atoms with E-state index in [1.165, 1.54) is 6.42 Å². The number of unbranched alkanes of at least 4 members (excludes halogenated alkanes) is 1. The summed E-state index contributed by atoms with van der Waals surface area (Å²) in [7, 11) is 1.68. The topological polar surface area (TPSA) is 56.4 Å². The number of fused-ring (bicyclic) bond motifs is 1. The molecule has 0 atom stereocenters. The molecule has 0 unspecified atom stereocenters. The average molecular weight is 448 g/mol. The third-order valence-electron chi connectivity index (χ3n) is 4.77. The monoisotopic (exact) mass is 447 g/mol. The summed E-state index contributed by atoms with van der Waals surface area (Å²) < 4.78 is 9.66. The van der Waals surface area contributed by atoms with Crippen LogP contribution in [0.5, 0.6) is 5.75 Å². The molecule has 4 aromatic rings. The summed E-state index contributed by atoms with van der Waals surface area (Å²) in [6, 6.07) is 10.1. The van der Waals surface area contributed by atoms with Crippen LogP contribution in [0.1, 0.15) is 31.2 Å². The van der Waals surface area contributed by atoms with Crippen LogP contribution in [0, 0.1) is 6.92 Å². The molecule has 6 nitrogen and oxygen atoms in total. The van der Waals surface area contributed by atoms with E-state index >= 15 is 0 Å². The molecule has 0 saturated heterocycles. The Morgan fingerprint density at radius 1 is 1.13 bits per heavy atom. The molecule has 8 heteroatoms. The number of nitrogens with zero attached hydrogens (tertiary/aromatic N) is 4. The van der Waals surface area contributed by atoms with E-state index in [0.29, 0.717) is 0 Å². The lowest BCUT2D eigenvalue weighted by atomic mass is 10.2. The first-order valence-corrected chi connectivity index (χ1v) is 9.60. The van der Waals surface area contributed by atoms with Crippen molar-refractivity contribution in [1.29, 1.82) is 0 Å². The van der Waals surface area contributed by atoms with Crippen molar-refractivity contribution in [3.05, 3.63) is 66.6 Å². The Kier molecular flexibility index (Phi) is 8.15. The third kappa shape index (κ3) is 4.89. The Bertz CT molecular complexity index is 1110. The molecule has 0 amide bonds. The van der Waals surface area contributed by atoms with Crippen LogP contribution in [0.2, 0.25) is 0 Å². The van der Waals surface area contributed by atoms with Crippen molar-refractivity contribution >= 4 is 41.8 Å². The predicted molar refractivity (Wildman–Crippen MR) is 126 cm³/mol. The lowest BCUT2D eigenvalue weighted by Gasteiger charge is -2.13. The summed E-state index contributed by atoms with van der Waals surface area (Å²) >= 11 is 0. The van der Waals surface area contributed by atoms with Gasteiger partial charge in [0.05, 0.1) is 36.2 Å². The highest BCUT2D eigenvalue weighted by atomic mass is 35.5. The van der Waals surface area contributed by atoms with Crippen LogP contribution in [-0.4, -0.2) is 26.0 Å². The second-order valence-corrected chi connectivity index (χ2v) is 6.92. The Hall–Kier alpha value is -2.70. The molecule has 0 radical (unpaired) electrons. The van der Waals surface area contributed by atoms with Crippen molar-refractivity contribution in [3.8, 4) is 11.4 Å². The molecule has 160 valence electrons. The predicted octanol–water partition coefficient (Wildman–Crippen LogP) is 5.77. The fraction of sp³-hybridized carbons (Fsp3) is 0.273. The van der Waals surface area contributed by atoms with Crippen molar-refractivity contribution < 1.29 is 4.74 Å². The molecule has 1 N–H and O–H groups in total.